The lowest BCUT2D eigenvalue weighted by molar-refractivity contribution is 0.415. The fraction of sp³-hybridized carbons (Fsp3) is 0.211. The minimum absolute atomic E-state index is 0.552. The van der Waals surface area contributed by atoms with Gasteiger partial charge in [0.1, 0.15) is 17.8 Å². The van der Waals surface area contributed by atoms with E-state index in [0.717, 1.165) is 11.1 Å². The molecule has 0 amide bonds. The Morgan fingerprint density at radius 2 is 1.71 bits per heavy atom. The van der Waals surface area contributed by atoms with Crippen LogP contribution in [0.4, 0.5) is 0 Å². The van der Waals surface area contributed by atoms with Crippen molar-refractivity contribution in [2.24, 2.45) is 14.1 Å². The van der Waals surface area contributed by atoms with Crippen LogP contribution < -0.4 is 15.9 Å². The van der Waals surface area contributed by atoms with Crippen LogP contribution in [0.2, 0.25) is 0 Å². The maximum atomic E-state index is 12.1. The molecule has 28 heavy (non-hydrogen) atoms. The largest absolute Gasteiger partial charge is 0.612 e. The zero-order valence-corrected chi connectivity index (χ0v) is 16.6. The Hall–Kier alpha value is -3.04. The van der Waals surface area contributed by atoms with Crippen LogP contribution in [0.25, 0.3) is 33.5 Å². The van der Waals surface area contributed by atoms with Crippen LogP contribution in [0.15, 0.2) is 44.8 Å². The van der Waals surface area contributed by atoms with E-state index >= 15 is 0 Å². The summed E-state index contributed by atoms with van der Waals surface area (Å²) in [6, 6.07) is 8.86. The van der Waals surface area contributed by atoms with Gasteiger partial charge in [0, 0.05) is 20.2 Å². The Kier molecular flexibility index (Phi) is 4.28. The summed E-state index contributed by atoms with van der Waals surface area (Å²) in [6.07, 6.45) is 1.61. The van der Waals surface area contributed by atoms with Gasteiger partial charge in [-0.25, -0.2) is 4.98 Å². The minimum Gasteiger partial charge on any atom is -0.612 e. The van der Waals surface area contributed by atoms with Crippen molar-refractivity contribution in [2.75, 3.05) is 13.4 Å². The highest BCUT2D eigenvalue weighted by atomic mass is 32.2. The molecule has 4 aromatic rings. The Morgan fingerprint density at radius 3 is 2.32 bits per heavy atom. The zero-order chi connectivity index (χ0) is 20.2. The van der Waals surface area contributed by atoms with Crippen LogP contribution in [0.3, 0.4) is 0 Å². The van der Waals surface area contributed by atoms with Gasteiger partial charge in [-0.1, -0.05) is 0 Å². The summed E-state index contributed by atoms with van der Waals surface area (Å²) in [5, 5.41) is 0. The van der Waals surface area contributed by atoms with E-state index in [1.807, 2.05) is 0 Å². The SMILES string of the molecule is COc1cc([S+](C)[O-])ccc1-c1nc2cc3c(cc2[nH]1)n(C)c(=O)c(=O)n3C. The molecule has 0 aliphatic rings. The summed E-state index contributed by atoms with van der Waals surface area (Å²) in [4.78, 5) is 32.7. The van der Waals surface area contributed by atoms with Crippen molar-refractivity contribution in [1.29, 1.82) is 0 Å². The van der Waals surface area contributed by atoms with Gasteiger partial charge in [-0.15, -0.1) is 0 Å². The predicted octanol–water partition coefficient (Wildman–Crippen LogP) is 1.53. The maximum absolute atomic E-state index is 12.1. The lowest BCUT2D eigenvalue weighted by atomic mass is 10.2. The Balaban J connectivity index is 1.97. The van der Waals surface area contributed by atoms with Gasteiger partial charge in [0.25, 0.3) is 0 Å². The number of imidazole rings is 1. The van der Waals surface area contributed by atoms with E-state index in [-0.39, 0.29) is 0 Å². The summed E-state index contributed by atoms with van der Waals surface area (Å²) in [5.74, 6) is 1.13. The lowest BCUT2D eigenvalue weighted by Crippen LogP contribution is -2.39. The number of fused-ring (bicyclic) bond motifs is 2. The van der Waals surface area contributed by atoms with Crippen LogP contribution in [-0.2, 0) is 25.3 Å². The minimum atomic E-state index is -1.12. The van der Waals surface area contributed by atoms with Crippen molar-refractivity contribution in [3.8, 4) is 17.1 Å². The van der Waals surface area contributed by atoms with E-state index in [1.165, 1.54) is 9.13 Å². The Labute approximate surface area is 162 Å². The quantitative estimate of drug-likeness (QED) is 0.416. The molecule has 0 fully saturated rings. The summed E-state index contributed by atoms with van der Waals surface area (Å²) in [5.41, 5.74) is 2.16. The molecule has 0 aliphatic carbocycles. The Bertz CT molecular complexity index is 1280. The van der Waals surface area contributed by atoms with E-state index in [1.54, 1.807) is 57.8 Å². The van der Waals surface area contributed by atoms with Crippen molar-refractivity contribution < 1.29 is 9.29 Å². The van der Waals surface area contributed by atoms with Crippen molar-refractivity contribution >= 4 is 33.2 Å². The van der Waals surface area contributed by atoms with Gasteiger partial charge in [-0.05, 0) is 35.4 Å². The third-order valence-corrected chi connectivity index (χ3v) is 5.77. The molecule has 0 saturated heterocycles. The number of aryl methyl sites for hydroxylation is 2. The van der Waals surface area contributed by atoms with E-state index < -0.39 is 22.3 Å². The predicted molar refractivity (Wildman–Crippen MR) is 108 cm³/mol. The van der Waals surface area contributed by atoms with Crippen LogP contribution in [0, 0.1) is 0 Å². The fourth-order valence-electron chi connectivity index (χ4n) is 3.25. The number of hydrogen-bond acceptors (Lipinski definition) is 5. The van der Waals surface area contributed by atoms with E-state index in [0.29, 0.717) is 33.0 Å². The van der Waals surface area contributed by atoms with Crippen molar-refractivity contribution in [3.63, 3.8) is 0 Å². The van der Waals surface area contributed by atoms with E-state index in [4.69, 9.17) is 4.74 Å². The fourth-order valence-corrected chi connectivity index (χ4v) is 3.78. The summed E-state index contributed by atoms with van der Waals surface area (Å²) in [7, 11) is 4.68. The molecule has 0 radical (unpaired) electrons. The molecule has 144 valence electrons. The molecule has 2 aromatic heterocycles. The first-order valence-corrected chi connectivity index (χ1v) is 9.99. The third-order valence-electron chi connectivity index (χ3n) is 4.85. The highest BCUT2D eigenvalue weighted by Gasteiger charge is 2.16. The Morgan fingerprint density at radius 1 is 1.07 bits per heavy atom. The average molecular weight is 398 g/mol. The number of benzene rings is 2. The molecule has 0 bridgehead atoms. The van der Waals surface area contributed by atoms with Crippen molar-refractivity contribution in [3.05, 3.63) is 51.0 Å². The van der Waals surface area contributed by atoms with Crippen LogP contribution in [0.5, 0.6) is 5.75 Å². The number of nitrogens with zero attached hydrogens (tertiary/aromatic N) is 3. The van der Waals surface area contributed by atoms with E-state index in [9.17, 15) is 14.1 Å². The van der Waals surface area contributed by atoms with Crippen LogP contribution in [-0.4, -0.2) is 37.0 Å². The number of H-pyrrole nitrogens is 1. The molecule has 1 unspecified atom stereocenters. The number of methoxy groups -OCH3 is 1. The lowest BCUT2D eigenvalue weighted by Gasteiger charge is -2.09. The molecule has 0 aliphatic heterocycles. The van der Waals surface area contributed by atoms with Crippen LogP contribution in [0.1, 0.15) is 0 Å². The van der Waals surface area contributed by atoms with Gasteiger partial charge in [0.2, 0.25) is 0 Å². The van der Waals surface area contributed by atoms with Gasteiger partial charge in [-0.3, -0.25) is 9.59 Å². The van der Waals surface area contributed by atoms with Crippen molar-refractivity contribution in [2.45, 2.75) is 4.90 Å². The normalized spacial score (nSPS) is 12.6. The number of aromatic nitrogens is 4. The van der Waals surface area contributed by atoms with Gasteiger partial charge < -0.3 is 23.4 Å². The van der Waals surface area contributed by atoms with Gasteiger partial charge in [0.05, 0.1) is 34.7 Å². The second kappa shape index (κ2) is 6.54. The summed E-state index contributed by atoms with van der Waals surface area (Å²) >= 11 is -1.12. The second-order valence-electron chi connectivity index (χ2n) is 6.49. The number of ether oxygens (including phenoxy) is 1. The first-order valence-electron chi connectivity index (χ1n) is 8.43. The van der Waals surface area contributed by atoms with Gasteiger partial charge in [-0.2, -0.15) is 0 Å². The molecule has 1 atom stereocenters. The molecule has 4 rings (SSSR count). The average Bonchev–Trinajstić information content (AvgIpc) is 3.11. The number of nitrogens with one attached hydrogen (secondary N) is 1. The molecule has 2 heterocycles. The molecule has 9 heteroatoms. The van der Waals surface area contributed by atoms with Gasteiger partial charge >= 0.3 is 11.1 Å². The number of hydrogen-bond donors (Lipinski definition) is 1. The maximum Gasteiger partial charge on any atom is 0.316 e. The number of rotatable bonds is 3. The van der Waals surface area contributed by atoms with E-state index in [2.05, 4.69) is 9.97 Å². The van der Waals surface area contributed by atoms with Crippen LogP contribution >= 0.6 is 0 Å². The topological polar surface area (TPSA) is 105 Å². The molecule has 8 nitrogen and oxygen atoms in total. The zero-order valence-electron chi connectivity index (χ0n) is 15.8. The monoisotopic (exact) mass is 398 g/mol. The third kappa shape index (κ3) is 2.71. The number of aromatic amines is 1. The first-order chi connectivity index (χ1) is 13.3. The smallest absolute Gasteiger partial charge is 0.316 e. The standard InChI is InChI=1S/C19H18N4O4S/c1-22-14-8-12-13(9-15(14)23(2)19(25)18(22)24)21-17(20-12)11-6-5-10(28(4)26)7-16(11)27-3/h5-9H,1-4H3,(H,20,21). The summed E-state index contributed by atoms with van der Waals surface area (Å²) in [6.45, 7) is 0. The molecule has 0 spiro atoms. The van der Waals surface area contributed by atoms with Crippen molar-refractivity contribution in [1.82, 2.24) is 19.1 Å². The highest BCUT2D eigenvalue weighted by molar-refractivity contribution is 7.90. The van der Waals surface area contributed by atoms with Gasteiger partial charge in [0.15, 0.2) is 4.90 Å². The molecular formula is C19H18N4O4S. The first kappa shape index (κ1) is 18.3. The molecular weight excluding hydrogens is 380 g/mol. The summed E-state index contributed by atoms with van der Waals surface area (Å²) < 4.78 is 19.8. The molecule has 2 aromatic carbocycles. The highest BCUT2D eigenvalue weighted by Crippen LogP contribution is 2.32. The second-order valence-corrected chi connectivity index (χ2v) is 7.87. The molecule has 1 N–H and O–H groups in total. The molecule has 0 saturated carbocycles.